The van der Waals surface area contributed by atoms with Crippen molar-refractivity contribution in [1.29, 1.82) is 0 Å². The third-order valence-corrected chi connectivity index (χ3v) is 4.90. The average molecular weight is 255 g/mol. The Balaban J connectivity index is 2.27. The van der Waals surface area contributed by atoms with Crippen molar-refractivity contribution in [3.05, 3.63) is 23.8 Å². The van der Waals surface area contributed by atoms with Crippen LogP contribution < -0.4 is 5.73 Å². The van der Waals surface area contributed by atoms with Gasteiger partial charge in [-0.2, -0.15) is 0 Å². The van der Waals surface area contributed by atoms with Crippen LogP contribution in [0.5, 0.6) is 0 Å². The molecule has 5 heteroatoms. The van der Waals surface area contributed by atoms with Gasteiger partial charge in [-0.3, -0.25) is 0 Å². The minimum Gasteiger partial charge on any atom is -0.399 e. The summed E-state index contributed by atoms with van der Waals surface area (Å²) in [6.07, 6.45) is 1.59. The minimum absolute atomic E-state index is 0.0529. The van der Waals surface area contributed by atoms with Crippen LogP contribution >= 0.6 is 0 Å². The van der Waals surface area contributed by atoms with Crippen molar-refractivity contribution in [2.45, 2.75) is 30.8 Å². The van der Waals surface area contributed by atoms with Gasteiger partial charge in [-0.05, 0) is 37.5 Å². The molecule has 0 saturated carbocycles. The zero-order chi connectivity index (χ0) is 12.5. The minimum atomic E-state index is -3.30. The number of sulfone groups is 1. The summed E-state index contributed by atoms with van der Waals surface area (Å²) in [4.78, 5) is 0.327. The van der Waals surface area contributed by atoms with Crippen LogP contribution in [0.1, 0.15) is 18.4 Å². The Kier molecular flexibility index (Phi) is 3.40. The highest BCUT2D eigenvalue weighted by molar-refractivity contribution is 7.91. The summed E-state index contributed by atoms with van der Waals surface area (Å²) in [6, 6.07) is 4.97. The molecule has 1 aromatic rings. The van der Waals surface area contributed by atoms with E-state index in [4.69, 9.17) is 10.5 Å². The molecule has 0 bridgehead atoms. The fourth-order valence-corrected chi connectivity index (χ4v) is 3.87. The van der Waals surface area contributed by atoms with E-state index in [0.29, 0.717) is 17.2 Å². The van der Waals surface area contributed by atoms with E-state index in [0.717, 1.165) is 18.4 Å². The maximum atomic E-state index is 12.2. The Labute approximate surface area is 102 Å². The van der Waals surface area contributed by atoms with Crippen molar-refractivity contribution in [2.75, 3.05) is 18.1 Å². The molecule has 1 aliphatic rings. The molecular weight excluding hydrogens is 238 g/mol. The van der Waals surface area contributed by atoms with Gasteiger partial charge in [0.1, 0.15) is 0 Å². The number of aryl methyl sites for hydroxylation is 1. The second kappa shape index (κ2) is 4.66. The van der Waals surface area contributed by atoms with Gasteiger partial charge in [0.2, 0.25) is 0 Å². The highest BCUT2D eigenvalue weighted by Crippen LogP contribution is 2.23. The van der Waals surface area contributed by atoms with Crippen LogP contribution in [-0.2, 0) is 14.6 Å². The van der Waals surface area contributed by atoms with Gasteiger partial charge in [-0.1, -0.05) is 6.07 Å². The standard InChI is InChI=1S/C12H17NO3S/c1-9-4-5-10(13)7-12(9)17(14,15)8-11-3-2-6-16-11/h4-5,7,11H,2-3,6,8,13H2,1H3. The number of hydrogen-bond acceptors (Lipinski definition) is 4. The third kappa shape index (κ3) is 2.79. The number of benzene rings is 1. The van der Waals surface area contributed by atoms with E-state index < -0.39 is 9.84 Å². The van der Waals surface area contributed by atoms with Gasteiger partial charge in [-0.15, -0.1) is 0 Å². The van der Waals surface area contributed by atoms with Crippen LogP contribution in [0.3, 0.4) is 0 Å². The number of ether oxygens (including phenoxy) is 1. The molecule has 1 unspecified atom stereocenters. The lowest BCUT2D eigenvalue weighted by Crippen LogP contribution is -2.21. The van der Waals surface area contributed by atoms with Crippen molar-refractivity contribution >= 4 is 15.5 Å². The molecule has 1 aromatic carbocycles. The fraction of sp³-hybridized carbons (Fsp3) is 0.500. The molecule has 0 spiro atoms. The molecular formula is C12H17NO3S. The predicted molar refractivity (Wildman–Crippen MR) is 66.6 cm³/mol. The molecule has 0 amide bonds. The van der Waals surface area contributed by atoms with Gasteiger partial charge < -0.3 is 10.5 Å². The monoisotopic (exact) mass is 255 g/mol. The quantitative estimate of drug-likeness (QED) is 0.832. The molecule has 2 N–H and O–H groups in total. The highest BCUT2D eigenvalue weighted by atomic mass is 32.2. The molecule has 94 valence electrons. The Morgan fingerprint density at radius 2 is 2.24 bits per heavy atom. The summed E-state index contributed by atoms with van der Waals surface area (Å²) in [5, 5.41) is 0. The van der Waals surface area contributed by atoms with E-state index in [2.05, 4.69) is 0 Å². The smallest absolute Gasteiger partial charge is 0.181 e. The van der Waals surface area contributed by atoms with Gasteiger partial charge in [0.25, 0.3) is 0 Å². The first-order valence-corrected chi connectivity index (χ1v) is 7.35. The van der Waals surface area contributed by atoms with Gasteiger partial charge in [0.15, 0.2) is 9.84 Å². The van der Waals surface area contributed by atoms with Crippen molar-refractivity contribution in [1.82, 2.24) is 0 Å². The number of nitrogens with two attached hydrogens (primary N) is 1. The molecule has 1 heterocycles. The van der Waals surface area contributed by atoms with E-state index in [9.17, 15) is 8.42 Å². The summed E-state index contributed by atoms with van der Waals surface area (Å²) in [6.45, 7) is 2.44. The molecule has 1 fully saturated rings. The fourth-order valence-electron chi connectivity index (χ4n) is 2.06. The van der Waals surface area contributed by atoms with Crippen LogP contribution in [0.25, 0.3) is 0 Å². The molecule has 4 nitrogen and oxygen atoms in total. The predicted octanol–water partition coefficient (Wildman–Crippen LogP) is 1.53. The van der Waals surface area contributed by atoms with E-state index in [1.54, 1.807) is 19.1 Å². The van der Waals surface area contributed by atoms with Crippen LogP contribution in [-0.4, -0.2) is 26.9 Å². The lowest BCUT2D eigenvalue weighted by atomic mass is 10.2. The number of rotatable bonds is 3. The summed E-state index contributed by atoms with van der Waals surface area (Å²) in [7, 11) is -3.30. The third-order valence-electron chi connectivity index (χ3n) is 2.98. The first-order valence-electron chi connectivity index (χ1n) is 5.69. The van der Waals surface area contributed by atoms with Crippen molar-refractivity contribution in [2.24, 2.45) is 0 Å². The zero-order valence-corrected chi connectivity index (χ0v) is 10.7. The topological polar surface area (TPSA) is 69.4 Å². The number of hydrogen-bond donors (Lipinski definition) is 1. The van der Waals surface area contributed by atoms with Crippen molar-refractivity contribution in [3.63, 3.8) is 0 Å². The largest absolute Gasteiger partial charge is 0.399 e. The van der Waals surface area contributed by atoms with Crippen LogP contribution in [0.4, 0.5) is 5.69 Å². The van der Waals surface area contributed by atoms with Crippen LogP contribution in [0.2, 0.25) is 0 Å². The van der Waals surface area contributed by atoms with Crippen molar-refractivity contribution < 1.29 is 13.2 Å². The summed E-state index contributed by atoms with van der Waals surface area (Å²) < 4.78 is 29.8. The molecule has 1 atom stereocenters. The first kappa shape index (κ1) is 12.4. The molecule has 0 aliphatic carbocycles. The number of anilines is 1. The van der Waals surface area contributed by atoms with E-state index >= 15 is 0 Å². The average Bonchev–Trinajstić information content (AvgIpc) is 2.73. The molecule has 2 rings (SSSR count). The van der Waals surface area contributed by atoms with Crippen LogP contribution in [0, 0.1) is 6.92 Å². The van der Waals surface area contributed by atoms with Crippen LogP contribution in [0.15, 0.2) is 23.1 Å². The second-order valence-electron chi connectivity index (χ2n) is 4.44. The summed E-state index contributed by atoms with van der Waals surface area (Å²) in [5.74, 6) is 0.0529. The van der Waals surface area contributed by atoms with Gasteiger partial charge in [0, 0.05) is 12.3 Å². The lowest BCUT2D eigenvalue weighted by Gasteiger charge is -2.12. The maximum absolute atomic E-state index is 12.2. The molecule has 0 aromatic heterocycles. The van der Waals surface area contributed by atoms with E-state index in [1.807, 2.05) is 0 Å². The Bertz CT molecular complexity index is 504. The zero-order valence-electron chi connectivity index (χ0n) is 9.85. The van der Waals surface area contributed by atoms with Gasteiger partial charge in [0.05, 0.1) is 16.8 Å². The Morgan fingerprint density at radius 3 is 2.88 bits per heavy atom. The summed E-state index contributed by atoms with van der Waals surface area (Å²) in [5.41, 5.74) is 6.84. The van der Waals surface area contributed by atoms with Crippen molar-refractivity contribution in [3.8, 4) is 0 Å². The highest BCUT2D eigenvalue weighted by Gasteiger charge is 2.25. The molecule has 1 saturated heterocycles. The SMILES string of the molecule is Cc1ccc(N)cc1S(=O)(=O)CC1CCCO1. The second-order valence-corrected chi connectivity index (χ2v) is 6.44. The van der Waals surface area contributed by atoms with Gasteiger partial charge in [-0.25, -0.2) is 8.42 Å². The molecule has 17 heavy (non-hydrogen) atoms. The first-order chi connectivity index (χ1) is 7.99. The molecule has 0 radical (unpaired) electrons. The molecule has 1 aliphatic heterocycles. The number of nitrogen functional groups attached to an aromatic ring is 1. The summed E-state index contributed by atoms with van der Waals surface area (Å²) >= 11 is 0. The lowest BCUT2D eigenvalue weighted by molar-refractivity contribution is 0.127. The normalized spacial score (nSPS) is 20.6. The Morgan fingerprint density at radius 1 is 1.47 bits per heavy atom. The van der Waals surface area contributed by atoms with Gasteiger partial charge >= 0.3 is 0 Å². The maximum Gasteiger partial charge on any atom is 0.181 e. The van der Waals surface area contributed by atoms with E-state index in [1.165, 1.54) is 6.07 Å². The van der Waals surface area contributed by atoms with E-state index in [-0.39, 0.29) is 11.9 Å². The Hall–Kier alpha value is -1.07.